The lowest BCUT2D eigenvalue weighted by atomic mass is 9.98. The molecule has 0 saturated heterocycles. The minimum atomic E-state index is -0.136. The van der Waals surface area contributed by atoms with E-state index < -0.39 is 0 Å². The molecule has 0 aliphatic rings. The zero-order valence-corrected chi connectivity index (χ0v) is 10.4. The minimum absolute atomic E-state index is 0.136. The first-order chi connectivity index (χ1) is 8.22. The number of rotatable bonds is 3. The van der Waals surface area contributed by atoms with Crippen LogP contribution in [0, 0.1) is 6.92 Å². The second-order valence-electron chi connectivity index (χ2n) is 4.28. The van der Waals surface area contributed by atoms with Gasteiger partial charge in [-0.15, -0.1) is 0 Å². The summed E-state index contributed by atoms with van der Waals surface area (Å²) in [6.07, 6.45) is 2.83. The van der Waals surface area contributed by atoms with E-state index in [1.54, 1.807) is 6.20 Å². The molecule has 1 aromatic carbocycles. The van der Waals surface area contributed by atoms with Crippen molar-refractivity contribution in [3.63, 3.8) is 0 Å². The number of aromatic nitrogens is 1. The van der Waals surface area contributed by atoms with E-state index in [1.165, 1.54) is 5.56 Å². The molecule has 88 valence electrons. The standard InChI is InChI=1S/C15H18N2/c1-3-12-7-4-8-13(10-12)14(16)15-11(2)6-5-9-17-15/h4-10,14H,3,16H2,1-2H3. The van der Waals surface area contributed by atoms with E-state index in [0.717, 1.165) is 23.2 Å². The fourth-order valence-electron chi connectivity index (χ4n) is 1.99. The zero-order chi connectivity index (χ0) is 12.3. The van der Waals surface area contributed by atoms with Gasteiger partial charge in [-0.05, 0) is 36.1 Å². The highest BCUT2D eigenvalue weighted by Gasteiger charge is 2.12. The Labute approximate surface area is 103 Å². The van der Waals surface area contributed by atoms with Gasteiger partial charge in [0, 0.05) is 6.20 Å². The Morgan fingerprint density at radius 2 is 2.06 bits per heavy atom. The lowest BCUT2D eigenvalue weighted by Gasteiger charge is -2.14. The van der Waals surface area contributed by atoms with Crippen LogP contribution in [-0.2, 0) is 6.42 Å². The quantitative estimate of drug-likeness (QED) is 0.873. The van der Waals surface area contributed by atoms with Gasteiger partial charge in [0.15, 0.2) is 0 Å². The number of hydrogen-bond donors (Lipinski definition) is 1. The molecular formula is C15H18N2. The van der Waals surface area contributed by atoms with Crippen LogP contribution in [0.25, 0.3) is 0 Å². The van der Waals surface area contributed by atoms with Gasteiger partial charge in [0.2, 0.25) is 0 Å². The summed E-state index contributed by atoms with van der Waals surface area (Å²) in [5.41, 5.74) is 10.8. The Hall–Kier alpha value is -1.67. The summed E-state index contributed by atoms with van der Waals surface area (Å²) in [7, 11) is 0. The van der Waals surface area contributed by atoms with E-state index in [0.29, 0.717) is 0 Å². The van der Waals surface area contributed by atoms with Crippen LogP contribution in [0.5, 0.6) is 0 Å². The van der Waals surface area contributed by atoms with Crippen LogP contribution in [0.2, 0.25) is 0 Å². The molecule has 2 rings (SSSR count). The van der Waals surface area contributed by atoms with Crippen molar-refractivity contribution < 1.29 is 0 Å². The molecule has 2 N–H and O–H groups in total. The molecule has 0 spiro atoms. The Balaban J connectivity index is 2.37. The smallest absolute Gasteiger partial charge is 0.0729 e. The summed E-state index contributed by atoms with van der Waals surface area (Å²) < 4.78 is 0. The highest BCUT2D eigenvalue weighted by Crippen LogP contribution is 2.21. The van der Waals surface area contributed by atoms with Crippen LogP contribution >= 0.6 is 0 Å². The van der Waals surface area contributed by atoms with Gasteiger partial charge in [0.1, 0.15) is 0 Å². The summed E-state index contributed by atoms with van der Waals surface area (Å²) in [5, 5.41) is 0. The molecule has 0 bridgehead atoms. The van der Waals surface area contributed by atoms with Crippen molar-refractivity contribution >= 4 is 0 Å². The van der Waals surface area contributed by atoms with Crippen molar-refractivity contribution in [1.29, 1.82) is 0 Å². The van der Waals surface area contributed by atoms with Crippen molar-refractivity contribution in [2.45, 2.75) is 26.3 Å². The maximum Gasteiger partial charge on any atom is 0.0729 e. The minimum Gasteiger partial charge on any atom is -0.319 e. The first-order valence-corrected chi connectivity index (χ1v) is 5.98. The van der Waals surface area contributed by atoms with Crippen molar-refractivity contribution in [3.8, 4) is 0 Å². The van der Waals surface area contributed by atoms with Gasteiger partial charge >= 0.3 is 0 Å². The Bertz CT molecular complexity index is 506. The molecule has 2 nitrogen and oxygen atoms in total. The molecule has 1 heterocycles. The lowest BCUT2D eigenvalue weighted by molar-refractivity contribution is 0.815. The molecule has 0 radical (unpaired) electrons. The summed E-state index contributed by atoms with van der Waals surface area (Å²) in [4.78, 5) is 4.39. The summed E-state index contributed by atoms with van der Waals surface area (Å²) in [5.74, 6) is 0. The highest BCUT2D eigenvalue weighted by atomic mass is 14.8. The predicted molar refractivity (Wildman–Crippen MR) is 70.8 cm³/mol. The fourth-order valence-corrected chi connectivity index (χ4v) is 1.99. The Kier molecular flexibility index (Phi) is 3.55. The normalized spacial score (nSPS) is 12.4. The molecule has 0 saturated carbocycles. The maximum absolute atomic E-state index is 6.28. The van der Waals surface area contributed by atoms with E-state index in [2.05, 4.69) is 36.2 Å². The first kappa shape index (κ1) is 11.8. The van der Waals surface area contributed by atoms with E-state index in [9.17, 15) is 0 Å². The van der Waals surface area contributed by atoms with Crippen LogP contribution in [0.15, 0.2) is 42.6 Å². The molecule has 2 aromatic rings. The van der Waals surface area contributed by atoms with Gasteiger partial charge in [-0.25, -0.2) is 0 Å². The first-order valence-electron chi connectivity index (χ1n) is 5.98. The highest BCUT2D eigenvalue weighted by molar-refractivity contribution is 5.34. The number of hydrogen-bond acceptors (Lipinski definition) is 2. The predicted octanol–water partition coefficient (Wildman–Crippen LogP) is 3.00. The molecule has 1 aromatic heterocycles. The number of nitrogens with zero attached hydrogens (tertiary/aromatic N) is 1. The number of nitrogens with two attached hydrogens (primary N) is 1. The largest absolute Gasteiger partial charge is 0.319 e. The lowest BCUT2D eigenvalue weighted by Crippen LogP contribution is -2.15. The van der Waals surface area contributed by atoms with Crippen molar-refractivity contribution in [1.82, 2.24) is 4.98 Å². The van der Waals surface area contributed by atoms with E-state index in [4.69, 9.17) is 5.73 Å². The van der Waals surface area contributed by atoms with Crippen LogP contribution < -0.4 is 5.73 Å². The summed E-state index contributed by atoms with van der Waals surface area (Å²) in [6.45, 7) is 4.20. The molecular weight excluding hydrogens is 208 g/mol. The Morgan fingerprint density at radius 3 is 2.76 bits per heavy atom. The Morgan fingerprint density at radius 1 is 1.24 bits per heavy atom. The van der Waals surface area contributed by atoms with Crippen molar-refractivity contribution in [3.05, 3.63) is 65.0 Å². The van der Waals surface area contributed by atoms with Crippen LogP contribution in [0.3, 0.4) is 0 Å². The second kappa shape index (κ2) is 5.11. The average molecular weight is 226 g/mol. The third-order valence-electron chi connectivity index (χ3n) is 3.06. The van der Waals surface area contributed by atoms with Crippen LogP contribution in [0.4, 0.5) is 0 Å². The van der Waals surface area contributed by atoms with E-state index in [-0.39, 0.29) is 6.04 Å². The molecule has 1 unspecified atom stereocenters. The van der Waals surface area contributed by atoms with Gasteiger partial charge in [-0.2, -0.15) is 0 Å². The molecule has 0 aliphatic heterocycles. The van der Waals surface area contributed by atoms with Crippen molar-refractivity contribution in [2.75, 3.05) is 0 Å². The molecule has 0 aliphatic carbocycles. The second-order valence-corrected chi connectivity index (χ2v) is 4.28. The molecule has 1 atom stereocenters. The van der Waals surface area contributed by atoms with Crippen LogP contribution in [0.1, 0.15) is 35.3 Å². The molecule has 0 amide bonds. The van der Waals surface area contributed by atoms with Crippen molar-refractivity contribution in [2.24, 2.45) is 5.73 Å². The average Bonchev–Trinajstić information content (AvgIpc) is 2.38. The number of aryl methyl sites for hydroxylation is 2. The van der Waals surface area contributed by atoms with E-state index in [1.807, 2.05) is 19.1 Å². The van der Waals surface area contributed by atoms with Gasteiger partial charge < -0.3 is 5.73 Å². The SMILES string of the molecule is CCc1cccc(C(N)c2ncccc2C)c1. The molecule has 17 heavy (non-hydrogen) atoms. The third kappa shape index (κ3) is 2.53. The monoisotopic (exact) mass is 226 g/mol. The number of pyridine rings is 1. The van der Waals surface area contributed by atoms with Crippen LogP contribution in [-0.4, -0.2) is 4.98 Å². The number of benzene rings is 1. The van der Waals surface area contributed by atoms with Gasteiger partial charge in [0.25, 0.3) is 0 Å². The summed E-state index contributed by atoms with van der Waals surface area (Å²) in [6, 6.07) is 12.3. The molecule has 0 fully saturated rings. The molecule has 2 heteroatoms. The summed E-state index contributed by atoms with van der Waals surface area (Å²) >= 11 is 0. The van der Waals surface area contributed by atoms with Gasteiger partial charge in [0.05, 0.1) is 11.7 Å². The van der Waals surface area contributed by atoms with Gasteiger partial charge in [-0.1, -0.05) is 37.3 Å². The van der Waals surface area contributed by atoms with Gasteiger partial charge in [-0.3, -0.25) is 4.98 Å². The maximum atomic E-state index is 6.28. The van der Waals surface area contributed by atoms with E-state index >= 15 is 0 Å². The topological polar surface area (TPSA) is 38.9 Å². The zero-order valence-electron chi connectivity index (χ0n) is 10.4. The third-order valence-corrected chi connectivity index (χ3v) is 3.06. The fraction of sp³-hybridized carbons (Fsp3) is 0.267.